The number of nitrogens with zero attached hydrogens (tertiary/aromatic N) is 1. The third-order valence-electron chi connectivity index (χ3n) is 3.18. The van der Waals surface area contributed by atoms with Crippen LogP contribution in [0.15, 0.2) is 0 Å². The van der Waals surface area contributed by atoms with E-state index in [9.17, 15) is 13.2 Å². The average Bonchev–Trinajstić information content (AvgIpc) is 2.25. The third-order valence-corrected chi connectivity index (χ3v) is 3.18. The van der Waals surface area contributed by atoms with Crippen molar-refractivity contribution in [3.63, 3.8) is 0 Å². The molecule has 18 heavy (non-hydrogen) atoms. The van der Waals surface area contributed by atoms with Gasteiger partial charge in [-0.3, -0.25) is 5.41 Å². The number of ether oxygens (including phenoxy) is 1. The molecule has 7 heteroatoms. The first kappa shape index (κ1) is 15.2. The minimum atomic E-state index is -4.45. The van der Waals surface area contributed by atoms with E-state index in [1.165, 1.54) is 0 Å². The van der Waals surface area contributed by atoms with Crippen molar-refractivity contribution < 1.29 is 17.9 Å². The number of rotatable bonds is 5. The van der Waals surface area contributed by atoms with Crippen LogP contribution in [0.3, 0.4) is 0 Å². The highest BCUT2D eigenvalue weighted by Crippen LogP contribution is 2.27. The number of hydrogen-bond acceptors (Lipinski definition) is 3. The Balaban J connectivity index is 2.45. The van der Waals surface area contributed by atoms with Crippen LogP contribution in [0.4, 0.5) is 13.2 Å². The van der Waals surface area contributed by atoms with E-state index in [1.807, 2.05) is 0 Å². The van der Waals surface area contributed by atoms with Gasteiger partial charge >= 0.3 is 6.18 Å². The van der Waals surface area contributed by atoms with Crippen molar-refractivity contribution in [2.45, 2.75) is 19.0 Å². The second kappa shape index (κ2) is 6.38. The van der Waals surface area contributed by atoms with Crippen LogP contribution >= 0.6 is 0 Å². The molecule has 1 heterocycles. The fraction of sp³-hybridized carbons (Fsp3) is 0.909. The molecular formula is C11H20F3N3O. The van der Waals surface area contributed by atoms with Crippen molar-refractivity contribution in [3.8, 4) is 0 Å². The zero-order valence-electron chi connectivity index (χ0n) is 10.5. The number of halogens is 3. The van der Waals surface area contributed by atoms with Crippen LogP contribution in [0, 0.1) is 17.2 Å². The fourth-order valence-electron chi connectivity index (χ4n) is 2.13. The molecule has 1 fully saturated rings. The van der Waals surface area contributed by atoms with E-state index in [2.05, 4.69) is 0 Å². The van der Waals surface area contributed by atoms with Crippen LogP contribution in [0.5, 0.6) is 0 Å². The van der Waals surface area contributed by atoms with Gasteiger partial charge in [-0.15, -0.1) is 0 Å². The maximum atomic E-state index is 12.6. The largest absolute Gasteiger partial charge is 0.399 e. The van der Waals surface area contributed by atoms with Crippen LogP contribution in [-0.4, -0.2) is 50.3 Å². The normalized spacial score (nSPS) is 20.1. The number of nitrogens with one attached hydrogen (secondary N) is 1. The average molecular weight is 267 g/mol. The molecule has 0 bridgehead atoms. The number of nitrogens with two attached hydrogens (primary N) is 1. The summed E-state index contributed by atoms with van der Waals surface area (Å²) in [6.07, 6.45) is -2.70. The predicted molar refractivity (Wildman–Crippen MR) is 62.5 cm³/mol. The third kappa shape index (κ3) is 4.81. The first-order chi connectivity index (χ1) is 8.30. The van der Waals surface area contributed by atoms with E-state index < -0.39 is 17.9 Å². The summed E-state index contributed by atoms with van der Waals surface area (Å²) in [6, 6.07) is 0. The van der Waals surface area contributed by atoms with Crippen molar-refractivity contribution in [2.24, 2.45) is 17.6 Å². The summed E-state index contributed by atoms with van der Waals surface area (Å²) in [5, 5.41) is 7.03. The molecule has 1 saturated heterocycles. The second-order valence-corrected chi connectivity index (χ2v) is 4.83. The number of alkyl halides is 3. The van der Waals surface area contributed by atoms with E-state index >= 15 is 0 Å². The van der Waals surface area contributed by atoms with E-state index in [0.717, 1.165) is 12.8 Å². The molecule has 0 spiro atoms. The van der Waals surface area contributed by atoms with Gasteiger partial charge in [0.2, 0.25) is 0 Å². The van der Waals surface area contributed by atoms with Crippen LogP contribution in [0.25, 0.3) is 0 Å². The summed E-state index contributed by atoms with van der Waals surface area (Å²) >= 11 is 0. The summed E-state index contributed by atoms with van der Waals surface area (Å²) in [7, 11) is 1.64. The van der Waals surface area contributed by atoms with E-state index in [-0.39, 0.29) is 6.54 Å². The van der Waals surface area contributed by atoms with Gasteiger partial charge in [-0.25, -0.2) is 0 Å². The van der Waals surface area contributed by atoms with Gasteiger partial charge in [-0.05, 0) is 25.8 Å². The number of hydrogen-bond donors (Lipinski definition) is 2. The Morgan fingerprint density at radius 2 is 2.00 bits per heavy atom. The van der Waals surface area contributed by atoms with Crippen LogP contribution < -0.4 is 5.73 Å². The molecule has 1 atom stereocenters. The topological polar surface area (TPSA) is 62.3 Å². The molecular weight excluding hydrogens is 247 g/mol. The molecule has 1 unspecified atom stereocenters. The Morgan fingerprint density at radius 3 is 2.44 bits per heavy atom. The molecule has 0 aromatic rings. The lowest BCUT2D eigenvalue weighted by atomic mass is 9.99. The molecule has 4 nitrogen and oxygen atoms in total. The smallest absolute Gasteiger partial charge is 0.387 e. The van der Waals surface area contributed by atoms with Gasteiger partial charge in [-0.1, -0.05) is 0 Å². The lowest BCUT2D eigenvalue weighted by Crippen LogP contribution is -2.44. The molecule has 1 rings (SSSR count). The van der Waals surface area contributed by atoms with Gasteiger partial charge in [0.25, 0.3) is 0 Å². The Bertz CT molecular complexity index is 277. The Morgan fingerprint density at radius 1 is 1.44 bits per heavy atom. The highest BCUT2D eigenvalue weighted by molar-refractivity contribution is 5.80. The van der Waals surface area contributed by atoms with Crippen LogP contribution in [-0.2, 0) is 4.74 Å². The zero-order valence-corrected chi connectivity index (χ0v) is 10.5. The maximum absolute atomic E-state index is 12.6. The van der Waals surface area contributed by atoms with Crippen molar-refractivity contribution in [1.29, 1.82) is 5.41 Å². The fourth-order valence-corrected chi connectivity index (χ4v) is 2.13. The molecule has 1 aliphatic heterocycles. The number of amidine groups is 1. The van der Waals surface area contributed by atoms with Gasteiger partial charge in [0.15, 0.2) is 0 Å². The van der Waals surface area contributed by atoms with Gasteiger partial charge in [0.1, 0.15) is 11.8 Å². The van der Waals surface area contributed by atoms with Crippen molar-refractivity contribution in [2.75, 3.05) is 33.4 Å². The Kier molecular flexibility index (Phi) is 5.40. The van der Waals surface area contributed by atoms with Crippen molar-refractivity contribution >= 4 is 5.84 Å². The molecule has 0 aromatic carbocycles. The molecule has 0 aliphatic carbocycles. The molecule has 0 amide bonds. The predicted octanol–water partition coefficient (Wildman–Crippen LogP) is 1.46. The summed E-state index contributed by atoms with van der Waals surface area (Å²) < 4.78 is 43.1. The van der Waals surface area contributed by atoms with Gasteiger partial charge in [-0.2, -0.15) is 13.2 Å². The summed E-state index contributed by atoms with van der Waals surface area (Å²) in [6.45, 7) is 1.68. The van der Waals surface area contributed by atoms with E-state index in [4.69, 9.17) is 15.9 Å². The van der Waals surface area contributed by atoms with Crippen molar-refractivity contribution in [1.82, 2.24) is 4.90 Å². The Hall–Kier alpha value is -0.820. The monoisotopic (exact) mass is 267 g/mol. The maximum Gasteiger partial charge on any atom is 0.399 e. The van der Waals surface area contributed by atoms with Gasteiger partial charge in [0.05, 0.1) is 0 Å². The highest BCUT2D eigenvalue weighted by atomic mass is 19.4. The van der Waals surface area contributed by atoms with Crippen molar-refractivity contribution in [3.05, 3.63) is 0 Å². The quantitative estimate of drug-likeness (QED) is 0.585. The lowest BCUT2D eigenvalue weighted by molar-refractivity contribution is -0.159. The first-order valence-corrected chi connectivity index (χ1v) is 5.97. The highest BCUT2D eigenvalue weighted by Gasteiger charge is 2.42. The minimum Gasteiger partial charge on any atom is -0.387 e. The van der Waals surface area contributed by atoms with Gasteiger partial charge < -0.3 is 15.4 Å². The summed E-state index contributed by atoms with van der Waals surface area (Å²) in [5.74, 6) is -2.33. The summed E-state index contributed by atoms with van der Waals surface area (Å²) in [4.78, 5) is 1.61. The van der Waals surface area contributed by atoms with Crippen LogP contribution in [0.1, 0.15) is 12.8 Å². The molecule has 106 valence electrons. The molecule has 0 radical (unpaired) electrons. The standard InChI is InChI=1S/C11H20F3N3O/c1-17(6-8-2-4-18-5-3-8)7-9(10(15)16)11(12,13)14/h8-9H,2-7H2,1H3,(H3,15,16). The molecule has 0 saturated carbocycles. The minimum absolute atomic E-state index is 0.254. The van der Waals surface area contributed by atoms with Crippen LogP contribution in [0.2, 0.25) is 0 Å². The Labute approximate surface area is 105 Å². The van der Waals surface area contributed by atoms with Gasteiger partial charge in [0, 0.05) is 26.3 Å². The van der Waals surface area contributed by atoms with E-state index in [0.29, 0.717) is 25.7 Å². The summed E-state index contributed by atoms with van der Waals surface area (Å²) in [5.41, 5.74) is 5.02. The molecule has 0 aromatic heterocycles. The SMILES string of the molecule is CN(CC1CCOCC1)CC(C(=N)N)C(F)(F)F. The molecule has 3 N–H and O–H groups in total. The first-order valence-electron chi connectivity index (χ1n) is 5.97. The lowest BCUT2D eigenvalue weighted by Gasteiger charge is -2.30. The van der Waals surface area contributed by atoms with E-state index in [1.54, 1.807) is 11.9 Å². The second-order valence-electron chi connectivity index (χ2n) is 4.83. The zero-order chi connectivity index (χ0) is 13.8. The molecule has 1 aliphatic rings.